The van der Waals surface area contributed by atoms with Crippen molar-refractivity contribution in [1.29, 1.82) is 0 Å². The van der Waals surface area contributed by atoms with Crippen LogP contribution in [0.4, 0.5) is 0 Å². The second kappa shape index (κ2) is 8.70. The molecule has 0 aliphatic heterocycles. The fraction of sp³-hybridized carbons (Fsp3) is 0.176. The maximum absolute atomic E-state index is 11.9. The Hall–Kier alpha value is -1.85. The third kappa shape index (κ3) is 5.69. The summed E-state index contributed by atoms with van der Waals surface area (Å²) in [4.78, 5) is 23.6. The van der Waals surface area contributed by atoms with Crippen LogP contribution in [0.25, 0.3) is 0 Å². The van der Waals surface area contributed by atoms with Gasteiger partial charge in [-0.05, 0) is 52.2 Å². The van der Waals surface area contributed by atoms with Crippen molar-refractivity contribution in [3.8, 4) is 0 Å². The van der Waals surface area contributed by atoms with Crippen molar-refractivity contribution in [1.82, 2.24) is 5.32 Å². The van der Waals surface area contributed by atoms with Crippen molar-refractivity contribution in [3.63, 3.8) is 0 Å². The lowest BCUT2D eigenvalue weighted by Gasteiger charge is -2.08. The van der Waals surface area contributed by atoms with Gasteiger partial charge >= 0.3 is 5.97 Å². The first-order valence-corrected chi connectivity index (χ1v) is 8.16. The topological polar surface area (TPSA) is 55.4 Å². The normalized spacial score (nSPS) is 10.2. The monoisotopic (exact) mass is 395 g/mol. The van der Waals surface area contributed by atoms with Gasteiger partial charge in [-0.25, -0.2) is 4.79 Å². The molecule has 2 aromatic carbocycles. The van der Waals surface area contributed by atoms with Crippen LogP contribution < -0.4 is 5.32 Å². The lowest BCUT2D eigenvalue weighted by atomic mass is 10.1. The van der Waals surface area contributed by atoms with E-state index in [0.717, 1.165) is 5.56 Å². The number of amides is 1. The first-order chi connectivity index (χ1) is 11.1. The second-order valence-corrected chi connectivity index (χ2v) is 6.08. The van der Waals surface area contributed by atoms with E-state index in [1.54, 1.807) is 30.3 Å². The molecule has 0 saturated carbocycles. The lowest BCUT2D eigenvalue weighted by Crippen LogP contribution is -2.30. The van der Waals surface area contributed by atoms with E-state index in [0.29, 0.717) is 28.0 Å². The van der Waals surface area contributed by atoms with Gasteiger partial charge in [-0.2, -0.15) is 0 Å². The highest BCUT2D eigenvalue weighted by Crippen LogP contribution is 2.16. The molecule has 1 amide bonds. The summed E-state index contributed by atoms with van der Waals surface area (Å²) in [6, 6.07) is 14.3. The van der Waals surface area contributed by atoms with Crippen LogP contribution in [0.3, 0.4) is 0 Å². The number of benzene rings is 2. The Morgan fingerprint density at radius 3 is 2.65 bits per heavy atom. The molecule has 0 saturated heterocycles. The summed E-state index contributed by atoms with van der Waals surface area (Å²) in [5.74, 6) is -0.880. The lowest BCUT2D eigenvalue weighted by molar-refractivity contribution is -0.124. The van der Waals surface area contributed by atoms with Crippen LogP contribution in [0, 0.1) is 0 Å². The number of esters is 1. The fourth-order valence-corrected chi connectivity index (χ4v) is 2.58. The molecule has 0 aliphatic carbocycles. The summed E-state index contributed by atoms with van der Waals surface area (Å²) in [5, 5.41) is 3.36. The number of hydrogen-bond donors (Lipinski definition) is 1. The number of rotatable bonds is 6. The molecule has 0 heterocycles. The first kappa shape index (κ1) is 17.5. The Morgan fingerprint density at radius 2 is 1.91 bits per heavy atom. The SMILES string of the molecule is O=C(COC(=O)c1ccccc1Br)NCCc1cccc(Cl)c1. The Kier molecular flexibility index (Phi) is 6.62. The number of hydrogen-bond acceptors (Lipinski definition) is 3. The van der Waals surface area contributed by atoms with Gasteiger partial charge < -0.3 is 10.1 Å². The smallest absolute Gasteiger partial charge is 0.339 e. The van der Waals surface area contributed by atoms with Crippen molar-refractivity contribution in [3.05, 3.63) is 69.2 Å². The number of nitrogens with one attached hydrogen (secondary N) is 1. The zero-order chi connectivity index (χ0) is 16.7. The van der Waals surface area contributed by atoms with Crippen LogP contribution in [0.5, 0.6) is 0 Å². The molecular weight excluding hydrogens is 382 g/mol. The van der Waals surface area contributed by atoms with Crippen molar-refractivity contribution in [2.45, 2.75) is 6.42 Å². The third-order valence-corrected chi connectivity index (χ3v) is 3.98. The Bertz CT molecular complexity index is 706. The van der Waals surface area contributed by atoms with Gasteiger partial charge in [0.25, 0.3) is 5.91 Å². The molecule has 2 aromatic rings. The van der Waals surface area contributed by atoms with Gasteiger partial charge in [-0.1, -0.05) is 35.9 Å². The predicted molar refractivity (Wildman–Crippen MR) is 92.6 cm³/mol. The minimum Gasteiger partial charge on any atom is -0.452 e. The van der Waals surface area contributed by atoms with Crippen molar-refractivity contribution in [2.24, 2.45) is 0 Å². The molecule has 0 spiro atoms. The number of ether oxygens (including phenoxy) is 1. The van der Waals surface area contributed by atoms with Gasteiger partial charge in [-0.3, -0.25) is 4.79 Å². The van der Waals surface area contributed by atoms with Crippen molar-refractivity contribution in [2.75, 3.05) is 13.2 Å². The molecule has 0 unspecified atom stereocenters. The zero-order valence-corrected chi connectivity index (χ0v) is 14.6. The van der Waals surface area contributed by atoms with Gasteiger partial charge in [-0.15, -0.1) is 0 Å². The summed E-state index contributed by atoms with van der Waals surface area (Å²) in [7, 11) is 0. The number of halogens is 2. The molecule has 23 heavy (non-hydrogen) atoms. The minimum atomic E-state index is -0.539. The van der Waals surface area contributed by atoms with Gasteiger partial charge in [0.2, 0.25) is 0 Å². The number of carbonyl (C=O) groups excluding carboxylic acids is 2. The summed E-state index contributed by atoms with van der Waals surface area (Å²) in [6.07, 6.45) is 0.657. The molecule has 0 fully saturated rings. The summed E-state index contributed by atoms with van der Waals surface area (Å²) < 4.78 is 5.62. The Balaban J connectivity index is 1.73. The van der Waals surface area contributed by atoms with E-state index in [9.17, 15) is 9.59 Å². The molecule has 0 aliphatic rings. The highest BCUT2D eigenvalue weighted by molar-refractivity contribution is 9.10. The maximum atomic E-state index is 11.9. The van der Waals surface area contributed by atoms with Crippen molar-refractivity contribution < 1.29 is 14.3 Å². The standard InChI is InChI=1S/C17H15BrClNO3/c18-15-7-2-1-6-14(15)17(22)23-11-16(21)20-9-8-12-4-3-5-13(19)10-12/h1-7,10H,8-9,11H2,(H,20,21). The molecular formula is C17H15BrClNO3. The van der Waals surface area contributed by atoms with Crippen LogP contribution in [-0.4, -0.2) is 25.0 Å². The molecule has 1 N–H and O–H groups in total. The Labute approximate surface area is 147 Å². The second-order valence-electron chi connectivity index (χ2n) is 4.79. The molecule has 0 bridgehead atoms. The maximum Gasteiger partial charge on any atom is 0.339 e. The zero-order valence-electron chi connectivity index (χ0n) is 12.2. The molecule has 120 valence electrons. The van der Waals surface area contributed by atoms with Crippen LogP contribution in [0.1, 0.15) is 15.9 Å². The van der Waals surface area contributed by atoms with Crippen LogP contribution >= 0.6 is 27.5 Å². The largest absolute Gasteiger partial charge is 0.452 e. The average Bonchev–Trinajstić information content (AvgIpc) is 2.53. The van der Waals surface area contributed by atoms with Gasteiger partial charge in [0.1, 0.15) is 0 Å². The molecule has 0 aromatic heterocycles. The molecule has 2 rings (SSSR count). The van der Waals surface area contributed by atoms with E-state index >= 15 is 0 Å². The quantitative estimate of drug-likeness (QED) is 0.759. The summed E-state index contributed by atoms with van der Waals surface area (Å²) in [6.45, 7) is 0.140. The van der Waals surface area contributed by atoms with Crippen molar-refractivity contribution >= 4 is 39.4 Å². The summed E-state index contributed by atoms with van der Waals surface area (Å²) in [5.41, 5.74) is 1.42. The van der Waals surface area contributed by atoms with Crippen LogP contribution in [0.15, 0.2) is 53.0 Å². The molecule has 0 radical (unpaired) electrons. The summed E-state index contributed by atoms with van der Waals surface area (Å²) >= 11 is 9.16. The molecule has 0 atom stereocenters. The van der Waals surface area contributed by atoms with Gasteiger partial charge in [0.15, 0.2) is 6.61 Å². The third-order valence-electron chi connectivity index (χ3n) is 3.05. The van der Waals surface area contributed by atoms with Crippen LogP contribution in [0.2, 0.25) is 5.02 Å². The highest BCUT2D eigenvalue weighted by Gasteiger charge is 2.12. The van der Waals surface area contributed by atoms with Gasteiger partial charge in [0, 0.05) is 16.0 Å². The Morgan fingerprint density at radius 1 is 1.13 bits per heavy atom. The van der Waals surface area contributed by atoms with E-state index in [-0.39, 0.29) is 12.5 Å². The van der Waals surface area contributed by atoms with E-state index in [1.807, 2.05) is 18.2 Å². The average molecular weight is 397 g/mol. The molecule has 6 heteroatoms. The number of carbonyl (C=O) groups is 2. The first-order valence-electron chi connectivity index (χ1n) is 6.99. The van der Waals surface area contributed by atoms with Crippen LogP contribution in [-0.2, 0) is 16.0 Å². The van der Waals surface area contributed by atoms with E-state index in [4.69, 9.17) is 16.3 Å². The van der Waals surface area contributed by atoms with E-state index in [2.05, 4.69) is 21.2 Å². The van der Waals surface area contributed by atoms with Gasteiger partial charge in [0.05, 0.1) is 5.56 Å². The minimum absolute atomic E-state index is 0.310. The predicted octanol–water partition coefficient (Wildman–Crippen LogP) is 3.62. The molecule has 4 nitrogen and oxygen atoms in total. The highest BCUT2D eigenvalue weighted by atomic mass is 79.9. The van der Waals surface area contributed by atoms with E-state index < -0.39 is 5.97 Å². The fourth-order valence-electron chi connectivity index (χ4n) is 1.93. The van der Waals surface area contributed by atoms with E-state index in [1.165, 1.54) is 0 Å².